The largest absolute Gasteiger partial charge is 0.497 e. The van der Waals surface area contributed by atoms with E-state index in [1.165, 1.54) is 32.1 Å². The summed E-state index contributed by atoms with van der Waals surface area (Å²) in [4.78, 5) is 14.8. The van der Waals surface area contributed by atoms with Crippen LogP contribution in [0.2, 0.25) is 0 Å². The Morgan fingerprint density at radius 2 is 2.14 bits per heavy atom. The zero-order chi connectivity index (χ0) is 15.5. The maximum absolute atomic E-state index is 12.6. The minimum absolute atomic E-state index is 0.157. The van der Waals surface area contributed by atoms with Crippen LogP contribution in [-0.4, -0.2) is 30.0 Å². The lowest BCUT2D eigenvalue weighted by Crippen LogP contribution is -2.41. The van der Waals surface area contributed by atoms with Crippen LogP contribution in [0.5, 0.6) is 5.75 Å². The highest BCUT2D eigenvalue weighted by Crippen LogP contribution is 2.39. The maximum Gasteiger partial charge on any atom is 0.247 e. The molecular weight excluding hydrogens is 274 g/mol. The summed E-state index contributed by atoms with van der Waals surface area (Å²) in [5.74, 6) is 1.69. The molecular formula is C19H25NO2. The molecule has 1 aromatic rings. The number of ether oxygens (including phenoxy) is 1. The number of fused-ring (bicyclic) bond motifs is 1. The van der Waals surface area contributed by atoms with E-state index < -0.39 is 0 Å². The second-order valence-electron chi connectivity index (χ2n) is 6.55. The van der Waals surface area contributed by atoms with Crippen molar-refractivity contribution in [3.63, 3.8) is 0 Å². The lowest BCUT2D eigenvalue weighted by Gasteiger charge is -2.32. The first-order valence-electron chi connectivity index (χ1n) is 8.33. The van der Waals surface area contributed by atoms with Crippen LogP contribution in [0.3, 0.4) is 0 Å². The molecule has 0 spiro atoms. The van der Waals surface area contributed by atoms with Gasteiger partial charge in [-0.1, -0.05) is 25.0 Å². The van der Waals surface area contributed by atoms with Crippen LogP contribution in [0.25, 0.3) is 6.08 Å². The third-order valence-electron chi connectivity index (χ3n) is 5.11. The van der Waals surface area contributed by atoms with Gasteiger partial charge < -0.3 is 9.64 Å². The molecule has 2 aliphatic rings. The average Bonchev–Trinajstić information content (AvgIpc) is 2.88. The van der Waals surface area contributed by atoms with Crippen LogP contribution in [0.15, 0.2) is 30.3 Å². The van der Waals surface area contributed by atoms with E-state index in [1.807, 2.05) is 30.3 Å². The van der Waals surface area contributed by atoms with Crippen molar-refractivity contribution < 1.29 is 9.53 Å². The molecule has 1 aromatic carbocycles. The third-order valence-corrected chi connectivity index (χ3v) is 5.11. The summed E-state index contributed by atoms with van der Waals surface area (Å²) in [6, 6.07) is 8.62. The second kappa shape index (κ2) is 6.55. The van der Waals surface area contributed by atoms with Crippen LogP contribution in [0.1, 0.15) is 44.6 Å². The molecule has 1 saturated carbocycles. The highest BCUT2D eigenvalue weighted by atomic mass is 16.5. The van der Waals surface area contributed by atoms with Crippen molar-refractivity contribution in [2.45, 2.75) is 51.1 Å². The van der Waals surface area contributed by atoms with E-state index in [4.69, 9.17) is 4.74 Å². The number of carbonyl (C=O) groups excluding carboxylic acids is 1. The number of carbonyl (C=O) groups is 1. The van der Waals surface area contributed by atoms with E-state index in [1.54, 1.807) is 13.2 Å². The lowest BCUT2D eigenvalue weighted by atomic mass is 9.85. The molecule has 3 rings (SSSR count). The Hall–Kier alpha value is -1.77. The summed E-state index contributed by atoms with van der Waals surface area (Å²) < 4.78 is 5.22. The first kappa shape index (κ1) is 15.1. The molecule has 1 heterocycles. The summed E-state index contributed by atoms with van der Waals surface area (Å²) in [6.07, 6.45) is 9.85. The van der Waals surface area contributed by atoms with Crippen LogP contribution in [-0.2, 0) is 4.79 Å². The number of nitrogens with zero attached hydrogens (tertiary/aromatic N) is 1. The van der Waals surface area contributed by atoms with Crippen molar-refractivity contribution in [3.05, 3.63) is 35.9 Å². The minimum Gasteiger partial charge on any atom is -0.497 e. The molecule has 1 saturated heterocycles. The van der Waals surface area contributed by atoms with E-state index in [-0.39, 0.29) is 5.91 Å². The fraction of sp³-hybridized carbons (Fsp3) is 0.526. The molecule has 3 atom stereocenters. The van der Waals surface area contributed by atoms with Crippen molar-refractivity contribution in [1.29, 1.82) is 0 Å². The van der Waals surface area contributed by atoms with Crippen LogP contribution < -0.4 is 4.74 Å². The van der Waals surface area contributed by atoms with Gasteiger partial charge in [0.15, 0.2) is 0 Å². The molecule has 22 heavy (non-hydrogen) atoms. The predicted octanol–water partition coefficient (Wildman–Crippen LogP) is 3.89. The van der Waals surface area contributed by atoms with Gasteiger partial charge in [0, 0.05) is 18.2 Å². The Bertz CT molecular complexity index is 566. The van der Waals surface area contributed by atoms with Gasteiger partial charge in [-0.05, 0) is 55.9 Å². The minimum atomic E-state index is 0.157. The van der Waals surface area contributed by atoms with Crippen molar-refractivity contribution in [1.82, 2.24) is 4.90 Å². The molecule has 0 bridgehead atoms. The molecule has 1 aliphatic heterocycles. The second-order valence-corrected chi connectivity index (χ2v) is 6.55. The van der Waals surface area contributed by atoms with E-state index in [9.17, 15) is 4.79 Å². The number of benzene rings is 1. The van der Waals surface area contributed by atoms with Crippen LogP contribution in [0, 0.1) is 5.92 Å². The van der Waals surface area contributed by atoms with Crippen molar-refractivity contribution in [2.24, 2.45) is 5.92 Å². The Labute approximate surface area is 133 Å². The van der Waals surface area contributed by atoms with Crippen LogP contribution >= 0.6 is 0 Å². The van der Waals surface area contributed by atoms with Gasteiger partial charge in [0.2, 0.25) is 5.91 Å². The molecule has 0 aromatic heterocycles. The van der Waals surface area contributed by atoms with Crippen molar-refractivity contribution in [3.8, 4) is 5.75 Å². The first-order chi connectivity index (χ1) is 10.7. The van der Waals surface area contributed by atoms with E-state index in [0.29, 0.717) is 12.1 Å². The Kier molecular flexibility index (Phi) is 4.51. The molecule has 118 valence electrons. The summed E-state index contributed by atoms with van der Waals surface area (Å²) in [6.45, 7) is 2.19. The van der Waals surface area contributed by atoms with E-state index in [0.717, 1.165) is 17.2 Å². The van der Waals surface area contributed by atoms with Gasteiger partial charge in [-0.2, -0.15) is 0 Å². The first-order valence-corrected chi connectivity index (χ1v) is 8.33. The maximum atomic E-state index is 12.6. The SMILES string of the molecule is COc1cccc(/C=C/C(=O)N2C(C)CC3CCCCC32)c1. The number of rotatable bonds is 3. The Balaban J connectivity index is 1.71. The zero-order valence-corrected chi connectivity index (χ0v) is 13.5. The smallest absolute Gasteiger partial charge is 0.247 e. The molecule has 0 radical (unpaired) electrons. The summed E-state index contributed by atoms with van der Waals surface area (Å²) in [5, 5.41) is 0. The molecule has 3 heteroatoms. The quantitative estimate of drug-likeness (QED) is 0.793. The number of hydrogen-bond acceptors (Lipinski definition) is 2. The average molecular weight is 299 g/mol. The van der Waals surface area contributed by atoms with E-state index >= 15 is 0 Å². The van der Waals surface area contributed by atoms with Crippen molar-refractivity contribution >= 4 is 12.0 Å². The molecule has 0 N–H and O–H groups in total. The van der Waals surface area contributed by atoms with Gasteiger partial charge in [-0.25, -0.2) is 0 Å². The lowest BCUT2D eigenvalue weighted by molar-refractivity contribution is -0.129. The topological polar surface area (TPSA) is 29.5 Å². The van der Waals surface area contributed by atoms with Gasteiger partial charge in [-0.3, -0.25) is 4.79 Å². The monoisotopic (exact) mass is 299 g/mol. The number of methoxy groups -OCH3 is 1. The molecule has 3 nitrogen and oxygen atoms in total. The fourth-order valence-corrected chi connectivity index (χ4v) is 4.09. The molecule has 2 fully saturated rings. The standard InChI is InChI=1S/C19H25NO2/c1-14-12-16-7-3-4-9-18(16)20(14)19(21)11-10-15-6-5-8-17(13-15)22-2/h5-6,8,10-11,13-14,16,18H,3-4,7,9,12H2,1-2H3/b11-10+. The predicted molar refractivity (Wildman–Crippen MR) is 88.7 cm³/mol. The van der Waals surface area contributed by atoms with E-state index in [2.05, 4.69) is 11.8 Å². The zero-order valence-electron chi connectivity index (χ0n) is 13.5. The summed E-state index contributed by atoms with van der Waals surface area (Å²) in [5.41, 5.74) is 1.000. The van der Waals surface area contributed by atoms with Gasteiger partial charge in [0.25, 0.3) is 0 Å². The van der Waals surface area contributed by atoms with Gasteiger partial charge in [-0.15, -0.1) is 0 Å². The number of hydrogen-bond donors (Lipinski definition) is 0. The summed E-state index contributed by atoms with van der Waals surface area (Å²) >= 11 is 0. The third kappa shape index (κ3) is 3.03. The highest BCUT2D eigenvalue weighted by molar-refractivity contribution is 5.92. The molecule has 1 amide bonds. The Morgan fingerprint density at radius 3 is 2.95 bits per heavy atom. The van der Waals surface area contributed by atoms with Crippen molar-refractivity contribution in [2.75, 3.05) is 7.11 Å². The van der Waals surface area contributed by atoms with Gasteiger partial charge in [0.05, 0.1) is 7.11 Å². The Morgan fingerprint density at radius 1 is 1.32 bits per heavy atom. The molecule has 1 aliphatic carbocycles. The van der Waals surface area contributed by atoms with Crippen LogP contribution in [0.4, 0.5) is 0 Å². The fourth-order valence-electron chi connectivity index (χ4n) is 4.09. The number of likely N-dealkylation sites (tertiary alicyclic amines) is 1. The number of amides is 1. The summed E-state index contributed by atoms with van der Waals surface area (Å²) in [7, 11) is 1.66. The normalized spacial score (nSPS) is 27.9. The highest BCUT2D eigenvalue weighted by Gasteiger charge is 2.41. The molecule has 3 unspecified atom stereocenters. The van der Waals surface area contributed by atoms with Gasteiger partial charge in [0.1, 0.15) is 5.75 Å². The van der Waals surface area contributed by atoms with Gasteiger partial charge >= 0.3 is 0 Å².